The number of aryl methyl sites for hydroxylation is 1. The van der Waals surface area contributed by atoms with Crippen molar-refractivity contribution in [2.45, 2.75) is 25.0 Å². The molecule has 0 saturated heterocycles. The minimum absolute atomic E-state index is 0.0664. The van der Waals surface area contributed by atoms with E-state index in [1.807, 2.05) is 0 Å². The second kappa shape index (κ2) is 8.00. The number of sulfonamides is 1. The van der Waals surface area contributed by atoms with Crippen LogP contribution in [-0.4, -0.2) is 59.1 Å². The maximum atomic E-state index is 13.8. The standard InChI is InChI=1S/C19H20N6O6S/c1-11-18(24-10-20-6-5-17(24)22-11)32(29,30)25-9-14(8-21-12(2)26)31-16-4-3-13(7-15(16)25)23-19(27)28/h3-7,10,14,23H,8-9H2,1-2H3,(H,21,26)(H,27,28). The van der Waals surface area contributed by atoms with Crippen LogP contribution in [0.3, 0.4) is 0 Å². The van der Waals surface area contributed by atoms with Gasteiger partial charge in [0.15, 0.2) is 5.03 Å². The minimum atomic E-state index is -4.18. The van der Waals surface area contributed by atoms with Crippen LogP contribution in [0, 0.1) is 6.92 Å². The van der Waals surface area contributed by atoms with Crippen molar-refractivity contribution < 1.29 is 27.9 Å². The molecule has 3 N–H and O–H groups in total. The van der Waals surface area contributed by atoms with Crippen molar-refractivity contribution in [3.8, 4) is 5.75 Å². The lowest BCUT2D eigenvalue weighted by atomic mass is 10.2. The lowest BCUT2D eigenvalue weighted by molar-refractivity contribution is -0.119. The number of hydrogen-bond acceptors (Lipinski definition) is 7. The summed E-state index contributed by atoms with van der Waals surface area (Å²) in [5.74, 6) is -0.0470. The first-order valence-electron chi connectivity index (χ1n) is 9.53. The van der Waals surface area contributed by atoms with E-state index in [2.05, 4.69) is 20.6 Å². The summed E-state index contributed by atoms with van der Waals surface area (Å²) in [6.45, 7) is 2.91. The van der Waals surface area contributed by atoms with Crippen molar-refractivity contribution in [1.29, 1.82) is 0 Å². The first-order chi connectivity index (χ1) is 15.2. The van der Waals surface area contributed by atoms with Gasteiger partial charge < -0.3 is 15.2 Å². The number of ether oxygens (including phenoxy) is 1. The average molecular weight is 460 g/mol. The average Bonchev–Trinajstić information content (AvgIpc) is 3.07. The van der Waals surface area contributed by atoms with Gasteiger partial charge in [-0.2, -0.15) is 8.42 Å². The van der Waals surface area contributed by atoms with Crippen LogP contribution in [0.2, 0.25) is 0 Å². The van der Waals surface area contributed by atoms with Gasteiger partial charge in [0.2, 0.25) is 5.91 Å². The summed E-state index contributed by atoms with van der Waals surface area (Å²) in [6.07, 6.45) is 0.913. The molecule has 0 aliphatic carbocycles. The quantitative estimate of drug-likeness (QED) is 0.513. The van der Waals surface area contributed by atoms with Crippen LogP contribution >= 0.6 is 0 Å². The Bertz CT molecular complexity index is 1320. The maximum absolute atomic E-state index is 13.8. The van der Waals surface area contributed by atoms with Gasteiger partial charge in [0.1, 0.15) is 23.8 Å². The number of carboxylic acid groups (broad SMARTS) is 1. The Morgan fingerprint density at radius 3 is 2.81 bits per heavy atom. The molecule has 1 aliphatic rings. The number of nitrogens with zero attached hydrogens (tertiary/aromatic N) is 4. The summed E-state index contributed by atoms with van der Waals surface area (Å²) in [6, 6.07) is 5.91. The molecule has 1 atom stereocenters. The van der Waals surface area contributed by atoms with Crippen LogP contribution in [0.4, 0.5) is 16.2 Å². The zero-order valence-electron chi connectivity index (χ0n) is 17.1. The van der Waals surface area contributed by atoms with Gasteiger partial charge in [0.05, 0.1) is 24.5 Å². The van der Waals surface area contributed by atoms with E-state index in [0.29, 0.717) is 5.65 Å². The summed E-state index contributed by atoms with van der Waals surface area (Å²) in [7, 11) is -4.18. The van der Waals surface area contributed by atoms with E-state index < -0.39 is 22.2 Å². The zero-order valence-corrected chi connectivity index (χ0v) is 18.0. The van der Waals surface area contributed by atoms with Crippen LogP contribution in [0.15, 0.2) is 41.8 Å². The number of benzene rings is 1. The van der Waals surface area contributed by atoms with Gasteiger partial charge in [-0.25, -0.2) is 14.8 Å². The summed E-state index contributed by atoms with van der Waals surface area (Å²) < 4.78 is 36.0. The van der Waals surface area contributed by atoms with Gasteiger partial charge in [-0.1, -0.05) is 0 Å². The second-order valence-electron chi connectivity index (χ2n) is 7.14. The van der Waals surface area contributed by atoms with E-state index in [-0.39, 0.29) is 46.8 Å². The molecule has 12 nitrogen and oxygen atoms in total. The lowest BCUT2D eigenvalue weighted by Gasteiger charge is -2.35. The fraction of sp³-hybridized carbons (Fsp3) is 0.263. The van der Waals surface area contributed by atoms with Gasteiger partial charge >= 0.3 is 6.09 Å². The monoisotopic (exact) mass is 460 g/mol. The van der Waals surface area contributed by atoms with Crippen molar-refractivity contribution in [1.82, 2.24) is 19.7 Å². The number of aromatic nitrogens is 3. The number of carbonyl (C=O) groups excluding carboxylic acids is 1. The lowest BCUT2D eigenvalue weighted by Crippen LogP contribution is -2.48. The molecule has 3 heterocycles. The molecule has 0 bridgehead atoms. The molecule has 0 saturated carbocycles. The molecule has 32 heavy (non-hydrogen) atoms. The molecule has 13 heteroatoms. The Balaban J connectivity index is 1.83. The molecular formula is C19H20N6O6S. The first-order valence-corrected chi connectivity index (χ1v) is 11.0. The molecule has 3 aromatic rings. The highest BCUT2D eigenvalue weighted by Crippen LogP contribution is 2.39. The number of hydrogen-bond donors (Lipinski definition) is 3. The van der Waals surface area contributed by atoms with Crippen molar-refractivity contribution in [3.05, 3.63) is 42.5 Å². The summed E-state index contributed by atoms with van der Waals surface area (Å²) in [4.78, 5) is 30.7. The van der Waals surface area contributed by atoms with E-state index in [1.165, 1.54) is 42.0 Å². The third-order valence-corrected chi connectivity index (χ3v) is 6.71. The fourth-order valence-corrected chi connectivity index (χ4v) is 5.30. The smallest absolute Gasteiger partial charge is 0.409 e. The second-order valence-corrected chi connectivity index (χ2v) is 8.91. The number of carbonyl (C=O) groups is 2. The number of imidazole rings is 1. The Kier molecular flexibility index (Phi) is 5.34. The van der Waals surface area contributed by atoms with Crippen molar-refractivity contribution >= 4 is 39.0 Å². The van der Waals surface area contributed by atoms with Gasteiger partial charge in [-0.05, 0) is 31.2 Å². The highest BCUT2D eigenvalue weighted by Gasteiger charge is 2.37. The Labute approximate surface area is 182 Å². The molecule has 0 radical (unpaired) electrons. The highest BCUT2D eigenvalue weighted by molar-refractivity contribution is 7.92. The highest BCUT2D eigenvalue weighted by atomic mass is 32.2. The van der Waals surface area contributed by atoms with Crippen LogP contribution in [0.1, 0.15) is 12.6 Å². The molecule has 1 aliphatic heterocycles. The number of anilines is 2. The van der Waals surface area contributed by atoms with Gasteiger partial charge in [-0.3, -0.25) is 18.8 Å². The van der Waals surface area contributed by atoms with Gasteiger partial charge in [0.25, 0.3) is 10.0 Å². The molecule has 168 valence electrons. The third kappa shape index (κ3) is 3.89. The molecule has 2 aromatic heterocycles. The summed E-state index contributed by atoms with van der Waals surface area (Å²) in [5, 5.41) is 13.8. The third-order valence-electron chi connectivity index (χ3n) is 4.80. The largest absolute Gasteiger partial charge is 0.484 e. The van der Waals surface area contributed by atoms with Crippen molar-refractivity contribution in [2.24, 2.45) is 0 Å². The molecule has 2 amide bonds. The number of fused-ring (bicyclic) bond motifs is 2. The Morgan fingerprint density at radius 2 is 2.09 bits per heavy atom. The summed E-state index contributed by atoms with van der Waals surface area (Å²) in [5.41, 5.74) is 1.04. The predicted molar refractivity (Wildman–Crippen MR) is 113 cm³/mol. The SMILES string of the molecule is CC(=O)NCC1CN(S(=O)(=O)c2c(C)nc3ccncn23)c2cc(NC(=O)O)ccc2O1. The van der Waals surface area contributed by atoms with E-state index in [9.17, 15) is 18.0 Å². The van der Waals surface area contributed by atoms with Crippen LogP contribution in [0.25, 0.3) is 5.65 Å². The topological polar surface area (TPSA) is 155 Å². The molecule has 4 rings (SSSR count). The van der Waals surface area contributed by atoms with Gasteiger partial charge in [0, 0.05) is 18.8 Å². The molecular weight excluding hydrogens is 440 g/mol. The van der Waals surface area contributed by atoms with E-state index in [1.54, 1.807) is 13.0 Å². The molecule has 1 aromatic carbocycles. The minimum Gasteiger partial charge on any atom is -0.484 e. The van der Waals surface area contributed by atoms with Crippen molar-refractivity contribution in [2.75, 3.05) is 22.7 Å². The first kappa shape index (κ1) is 21.4. The van der Waals surface area contributed by atoms with E-state index >= 15 is 0 Å². The van der Waals surface area contributed by atoms with Gasteiger partial charge in [-0.15, -0.1) is 0 Å². The fourth-order valence-electron chi connectivity index (χ4n) is 3.52. The molecule has 0 fully saturated rings. The zero-order chi connectivity index (χ0) is 23.0. The number of amides is 2. The van der Waals surface area contributed by atoms with E-state index in [4.69, 9.17) is 9.84 Å². The van der Waals surface area contributed by atoms with E-state index in [0.717, 1.165) is 4.31 Å². The normalized spacial score (nSPS) is 15.7. The number of rotatable bonds is 5. The predicted octanol–water partition coefficient (Wildman–Crippen LogP) is 1.22. The molecule has 0 spiro atoms. The summed E-state index contributed by atoms with van der Waals surface area (Å²) >= 11 is 0. The van der Waals surface area contributed by atoms with Crippen molar-refractivity contribution in [3.63, 3.8) is 0 Å². The maximum Gasteiger partial charge on any atom is 0.409 e. The number of nitrogens with one attached hydrogen (secondary N) is 2. The Hall–Kier alpha value is -3.87. The van der Waals surface area contributed by atoms with Crippen LogP contribution < -0.4 is 19.7 Å². The Morgan fingerprint density at radius 1 is 1.31 bits per heavy atom. The van der Waals surface area contributed by atoms with Crippen LogP contribution in [0.5, 0.6) is 5.75 Å². The van der Waals surface area contributed by atoms with Crippen LogP contribution in [-0.2, 0) is 14.8 Å². The molecule has 1 unspecified atom stereocenters.